The number of nitriles is 1. The Labute approximate surface area is 133 Å². The second-order valence-corrected chi connectivity index (χ2v) is 5.50. The van der Waals surface area contributed by atoms with Crippen LogP contribution in [0.4, 0.5) is 14.9 Å². The zero-order valence-corrected chi connectivity index (χ0v) is 12.7. The molecule has 1 aliphatic heterocycles. The quantitative estimate of drug-likeness (QED) is 0.878. The molecule has 2 aromatic rings. The van der Waals surface area contributed by atoms with Gasteiger partial charge < -0.3 is 10.2 Å². The molecule has 1 aromatic carbocycles. The average Bonchev–Trinajstić information content (AvgIpc) is 2.76. The molecule has 0 fully saturated rings. The number of nitrogens with zero attached hydrogens (tertiary/aromatic N) is 4. The molecule has 7 heteroatoms. The second-order valence-electron chi connectivity index (χ2n) is 5.50. The van der Waals surface area contributed by atoms with Gasteiger partial charge in [0.15, 0.2) is 0 Å². The fraction of sp³-hybridized carbons (Fsp3) is 0.312. The Morgan fingerprint density at radius 1 is 1.48 bits per heavy atom. The first-order valence-electron chi connectivity index (χ1n) is 7.34. The molecule has 0 radical (unpaired) electrons. The third-order valence-corrected chi connectivity index (χ3v) is 3.98. The summed E-state index contributed by atoms with van der Waals surface area (Å²) in [6, 6.07) is 5.44. The SMILES string of the molecule is Cn1ncc2c1CCCN(C(=O)Nc1cc(C#N)ccc1F)C2. The van der Waals surface area contributed by atoms with Gasteiger partial charge in [0, 0.05) is 24.8 Å². The molecule has 1 aromatic heterocycles. The van der Waals surface area contributed by atoms with Crippen LogP contribution in [0.3, 0.4) is 0 Å². The van der Waals surface area contributed by atoms with Crippen molar-refractivity contribution in [3.05, 3.63) is 47.0 Å². The molecule has 1 aliphatic rings. The van der Waals surface area contributed by atoms with E-state index in [1.165, 1.54) is 18.2 Å². The number of fused-ring (bicyclic) bond motifs is 1. The molecular formula is C16H16FN5O. The highest BCUT2D eigenvalue weighted by atomic mass is 19.1. The van der Waals surface area contributed by atoms with Crippen LogP contribution in [-0.2, 0) is 20.0 Å². The summed E-state index contributed by atoms with van der Waals surface area (Å²) >= 11 is 0. The summed E-state index contributed by atoms with van der Waals surface area (Å²) in [7, 11) is 1.89. The Balaban J connectivity index is 1.77. The molecule has 118 valence electrons. The van der Waals surface area contributed by atoms with Gasteiger partial charge in [-0.3, -0.25) is 4.68 Å². The highest BCUT2D eigenvalue weighted by Gasteiger charge is 2.22. The van der Waals surface area contributed by atoms with E-state index in [9.17, 15) is 9.18 Å². The largest absolute Gasteiger partial charge is 0.322 e. The number of amides is 2. The van der Waals surface area contributed by atoms with Crippen LogP contribution in [0.25, 0.3) is 0 Å². The summed E-state index contributed by atoms with van der Waals surface area (Å²) in [5, 5.41) is 15.7. The summed E-state index contributed by atoms with van der Waals surface area (Å²) < 4.78 is 15.6. The number of anilines is 1. The monoisotopic (exact) mass is 313 g/mol. The summed E-state index contributed by atoms with van der Waals surface area (Å²) in [5.41, 5.74) is 2.45. The van der Waals surface area contributed by atoms with Crippen LogP contribution in [-0.4, -0.2) is 27.3 Å². The Morgan fingerprint density at radius 3 is 3.09 bits per heavy atom. The van der Waals surface area contributed by atoms with Crippen LogP contribution < -0.4 is 5.32 Å². The standard InChI is InChI=1S/C16H16FN5O/c1-21-15-3-2-6-22(10-12(15)9-19-21)16(23)20-14-7-11(8-18)4-5-13(14)17/h4-5,7,9H,2-3,6,10H2,1H3,(H,20,23). The first kappa shape index (κ1) is 15.0. The van der Waals surface area contributed by atoms with Gasteiger partial charge in [-0.2, -0.15) is 10.4 Å². The number of halogens is 1. The maximum Gasteiger partial charge on any atom is 0.322 e. The van der Waals surface area contributed by atoms with Gasteiger partial charge in [0.1, 0.15) is 5.82 Å². The van der Waals surface area contributed by atoms with Crippen molar-refractivity contribution in [1.29, 1.82) is 5.26 Å². The van der Waals surface area contributed by atoms with Gasteiger partial charge >= 0.3 is 6.03 Å². The fourth-order valence-electron chi connectivity index (χ4n) is 2.74. The van der Waals surface area contributed by atoms with Gasteiger partial charge in [0.2, 0.25) is 0 Å². The van der Waals surface area contributed by atoms with E-state index in [-0.39, 0.29) is 11.7 Å². The Morgan fingerprint density at radius 2 is 2.30 bits per heavy atom. The van der Waals surface area contributed by atoms with E-state index in [4.69, 9.17) is 5.26 Å². The number of carbonyl (C=O) groups excluding carboxylic acids is 1. The molecule has 0 saturated carbocycles. The predicted molar refractivity (Wildman–Crippen MR) is 82.1 cm³/mol. The lowest BCUT2D eigenvalue weighted by Gasteiger charge is -2.21. The van der Waals surface area contributed by atoms with E-state index in [0.717, 1.165) is 24.1 Å². The molecule has 2 heterocycles. The number of rotatable bonds is 1. The number of hydrogen-bond acceptors (Lipinski definition) is 3. The van der Waals surface area contributed by atoms with Gasteiger partial charge in [-0.15, -0.1) is 0 Å². The molecule has 2 amide bonds. The molecule has 1 N–H and O–H groups in total. The Bertz CT molecular complexity index is 792. The van der Waals surface area contributed by atoms with Gasteiger partial charge in [-0.1, -0.05) is 0 Å². The minimum absolute atomic E-state index is 0.0182. The van der Waals surface area contributed by atoms with Gasteiger partial charge in [-0.25, -0.2) is 9.18 Å². The average molecular weight is 313 g/mol. The van der Waals surface area contributed by atoms with Crippen LogP contribution in [0.1, 0.15) is 23.2 Å². The minimum atomic E-state index is -0.561. The van der Waals surface area contributed by atoms with Crippen LogP contribution in [0.15, 0.2) is 24.4 Å². The number of aromatic nitrogens is 2. The van der Waals surface area contributed by atoms with E-state index < -0.39 is 5.82 Å². The molecule has 23 heavy (non-hydrogen) atoms. The second kappa shape index (κ2) is 6.08. The first-order chi connectivity index (χ1) is 11.1. The van der Waals surface area contributed by atoms with Crippen molar-refractivity contribution >= 4 is 11.7 Å². The van der Waals surface area contributed by atoms with Crippen molar-refractivity contribution in [2.24, 2.45) is 7.05 Å². The molecule has 6 nitrogen and oxygen atoms in total. The summed E-state index contributed by atoms with van der Waals surface area (Å²) in [4.78, 5) is 14.1. The van der Waals surface area contributed by atoms with E-state index in [1.807, 2.05) is 17.8 Å². The lowest BCUT2D eigenvalue weighted by Crippen LogP contribution is -2.34. The predicted octanol–water partition coefficient (Wildman–Crippen LogP) is 2.41. The molecule has 0 aliphatic carbocycles. The molecule has 3 rings (SSSR count). The molecule has 0 bridgehead atoms. The van der Waals surface area contributed by atoms with Gasteiger partial charge in [-0.05, 0) is 31.0 Å². The summed E-state index contributed by atoms with van der Waals surface area (Å²) in [6.07, 6.45) is 3.44. The Hall–Kier alpha value is -2.88. The number of urea groups is 1. The number of benzene rings is 1. The molecule has 0 spiro atoms. The fourth-order valence-corrected chi connectivity index (χ4v) is 2.74. The third-order valence-electron chi connectivity index (χ3n) is 3.98. The number of aryl methyl sites for hydroxylation is 1. The number of nitrogens with one attached hydrogen (secondary N) is 1. The summed E-state index contributed by atoms with van der Waals surface area (Å²) in [6.45, 7) is 1.02. The van der Waals surface area contributed by atoms with Gasteiger partial charge in [0.05, 0.1) is 30.1 Å². The number of carbonyl (C=O) groups is 1. The molecule has 0 unspecified atom stereocenters. The summed E-state index contributed by atoms with van der Waals surface area (Å²) in [5.74, 6) is -0.561. The van der Waals surface area contributed by atoms with Crippen LogP contribution in [0.5, 0.6) is 0 Å². The normalized spacial score (nSPS) is 13.9. The lowest BCUT2D eigenvalue weighted by atomic mass is 10.2. The Kier molecular flexibility index (Phi) is 3.98. The van der Waals surface area contributed by atoms with Crippen molar-refractivity contribution in [2.75, 3.05) is 11.9 Å². The lowest BCUT2D eigenvalue weighted by molar-refractivity contribution is 0.210. The van der Waals surface area contributed by atoms with Crippen molar-refractivity contribution in [3.63, 3.8) is 0 Å². The molecule has 0 saturated heterocycles. The van der Waals surface area contributed by atoms with E-state index >= 15 is 0 Å². The minimum Gasteiger partial charge on any atom is -0.320 e. The highest BCUT2D eigenvalue weighted by molar-refractivity contribution is 5.89. The highest BCUT2D eigenvalue weighted by Crippen LogP contribution is 2.20. The zero-order valence-electron chi connectivity index (χ0n) is 12.7. The maximum atomic E-state index is 13.8. The smallest absolute Gasteiger partial charge is 0.320 e. The zero-order chi connectivity index (χ0) is 16.4. The van der Waals surface area contributed by atoms with E-state index in [2.05, 4.69) is 10.4 Å². The van der Waals surface area contributed by atoms with Crippen LogP contribution in [0.2, 0.25) is 0 Å². The van der Waals surface area contributed by atoms with E-state index in [1.54, 1.807) is 11.1 Å². The number of hydrogen-bond donors (Lipinski definition) is 1. The third kappa shape index (κ3) is 3.01. The molecule has 0 atom stereocenters. The van der Waals surface area contributed by atoms with Crippen molar-refractivity contribution < 1.29 is 9.18 Å². The topological polar surface area (TPSA) is 74.0 Å². The molecular weight excluding hydrogens is 297 g/mol. The van der Waals surface area contributed by atoms with Crippen LogP contribution in [0, 0.1) is 17.1 Å². The van der Waals surface area contributed by atoms with Crippen molar-refractivity contribution in [2.45, 2.75) is 19.4 Å². The maximum absolute atomic E-state index is 13.8. The van der Waals surface area contributed by atoms with E-state index in [0.29, 0.717) is 18.7 Å². The first-order valence-corrected chi connectivity index (χ1v) is 7.34. The van der Waals surface area contributed by atoms with Gasteiger partial charge in [0.25, 0.3) is 0 Å². The van der Waals surface area contributed by atoms with Crippen molar-refractivity contribution in [1.82, 2.24) is 14.7 Å². The van der Waals surface area contributed by atoms with Crippen molar-refractivity contribution in [3.8, 4) is 6.07 Å². The van der Waals surface area contributed by atoms with Crippen LogP contribution >= 0.6 is 0 Å².